The quantitative estimate of drug-likeness (QED) is 0.809. The standard InChI is InChI=1S/C14H23N3/c1-5-8-11(15)9-10-12-13(6-2)16-17(4)14(12)7-3/h11H,5-8,15H2,1-4H3. The van der Waals surface area contributed by atoms with Gasteiger partial charge in [0.05, 0.1) is 23.0 Å². The van der Waals surface area contributed by atoms with Crippen molar-refractivity contribution in [2.24, 2.45) is 12.8 Å². The topological polar surface area (TPSA) is 43.8 Å². The summed E-state index contributed by atoms with van der Waals surface area (Å²) in [7, 11) is 1.98. The second-order valence-corrected chi connectivity index (χ2v) is 4.26. The zero-order valence-electron chi connectivity index (χ0n) is 11.4. The van der Waals surface area contributed by atoms with Crippen LogP contribution in [0.4, 0.5) is 0 Å². The predicted molar refractivity (Wildman–Crippen MR) is 71.7 cm³/mol. The van der Waals surface area contributed by atoms with Crippen molar-refractivity contribution < 1.29 is 0 Å². The molecule has 1 rings (SSSR count). The van der Waals surface area contributed by atoms with Crippen molar-refractivity contribution in [3.63, 3.8) is 0 Å². The Morgan fingerprint density at radius 2 is 2.00 bits per heavy atom. The van der Waals surface area contributed by atoms with E-state index in [2.05, 4.69) is 37.7 Å². The molecule has 0 bridgehead atoms. The Morgan fingerprint density at radius 3 is 2.53 bits per heavy atom. The number of nitrogens with zero attached hydrogens (tertiary/aromatic N) is 2. The van der Waals surface area contributed by atoms with Crippen LogP contribution in [0.15, 0.2) is 0 Å². The fraction of sp³-hybridized carbons (Fsp3) is 0.643. The first-order chi connectivity index (χ1) is 8.13. The van der Waals surface area contributed by atoms with E-state index < -0.39 is 0 Å². The van der Waals surface area contributed by atoms with Gasteiger partial charge in [-0.25, -0.2) is 0 Å². The van der Waals surface area contributed by atoms with Crippen molar-refractivity contribution in [2.45, 2.75) is 52.5 Å². The molecule has 1 aromatic heterocycles. The first kappa shape index (κ1) is 13.8. The van der Waals surface area contributed by atoms with Gasteiger partial charge in [-0.15, -0.1) is 0 Å². The highest BCUT2D eigenvalue weighted by Gasteiger charge is 2.11. The van der Waals surface area contributed by atoms with Crippen LogP contribution in [0.2, 0.25) is 0 Å². The molecule has 0 radical (unpaired) electrons. The molecule has 3 heteroatoms. The molecule has 3 nitrogen and oxygen atoms in total. The van der Waals surface area contributed by atoms with Crippen molar-refractivity contribution >= 4 is 0 Å². The lowest BCUT2D eigenvalue weighted by atomic mass is 10.1. The predicted octanol–water partition coefficient (Wildman–Crippen LogP) is 2.02. The first-order valence-corrected chi connectivity index (χ1v) is 6.45. The minimum Gasteiger partial charge on any atom is -0.318 e. The van der Waals surface area contributed by atoms with Crippen LogP contribution in [0.25, 0.3) is 0 Å². The van der Waals surface area contributed by atoms with E-state index in [4.69, 9.17) is 5.73 Å². The van der Waals surface area contributed by atoms with Crippen molar-refractivity contribution in [1.82, 2.24) is 9.78 Å². The summed E-state index contributed by atoms with van der Waals surface area (Å²) in [4.78, 5) is 0. The molecule has 1 unspecified atom stereocenters. The SMILES string of the molecule is CCCC(N)C#Cc1c(CC)nn(C)c1CC. The molecule has 0 aliphatic rings. The molecule has 1 atom stereocenters. The second-order valence-electron chi connectivity index (χ2n) is 4.26. The van der Waals surface area contributed by atoms with Crippen LogP contribution in [-0.2, 0) is 19.9 Å². The normalized spacial score (nSPS) is 12.1. The number of rotatable bonds is 4. The molecule has 0 spiro atoms. The molecule has 0 amide bonds. The van der Waals surface area contributed by atoms with E-state index >= 15 is 0 Å². The van der Waals surface area contributed by atoms with Gasteiger partial charge < -0.3 is 5.73 Å². The zero-order chi connectivity index (χ0) is 12.8. The number of aryl methyl sites for hydroxylation is 2. The summed E-state index contributed by atoms with van der Waals surface area (Å²) in [5.74, 6) is 6.37. The van der Waals surface area contributed by atoms with Crippen molar-refractivity contribution in [3.8, 4) is 11.8 Å². The van der Waals surface area contributed by atoms with Crippen LogP contribution < -0.4 is 5.73 Å². The summed E-state index contributed by atoms with van der Waals surface area (Å²) in [5.41, 5.74) is 9.30. The van der Waals surface area contributed by atoms with Gasteiger partial charge in [0.1, 0.15) is 0 Å². The van der Waals surface area contributed by atoms with E-state index in [1.54, 1.807) is 0 Å². The maximum Gasteiger partial charge on any atom is 0.0781 e. The molecule has 94 valence electrons. The Bertz CT molecular complexity index is 421. The smallest absolute Gasteiger partial charge is 0.0781 e. The van der Waals surface area contributed by atoms with Gasteiger partial charge in [-0.2, -0.15) is 5.10 Å². The molecule has 0 aromatic carbocycles. The lowest BCUT2D eigenvalue weighted by Crippen LogP contribution is -2.16. The minimum absolute atomic E-state index is 0.0189. The van der Waals surface area contributed by atoms with Gasteiger partial charge >= 0.3 is 0 Å². The lowest BCUT2D eigenvalue weighted by molar-refractivity contribution is 0.704. The largest absolute Gasteiger partial charge is 0.318 e. The van der Waals surface area contributed by atoms with Crippen LogP contribution >= 0.6 is 0 Å². The second kappa shape index (κ2) is 6.46. The minimum atomic E-state index is -0.0189. The van der Waals surface area contributed by atoms with Gasteiger partial charge in [0.25, 0.3) is 0 Å². The van der Waals surface area contributed by atoms with Crippen LogP contribution in [-0.4, -0.2) is 15.8 Å². The molecule has 1 heterocycles. The molecule has 0 saturated heterocycles. The Morgan fingerprint density at radius 1 is 1.29 bits per heavy atom. The number of nitrogens with two attached hydrogens (primary N) is 1. The van der Waals surface area contributed by atoms with E-state index in [0.29, 0.717) is 0 Å². The summed E-state index contributed by atoms with van der Waals surface area (Å²) in [5, 5.41) is 4.50. The van der Waals surface area contributed by atoms with Crippen molar-refractivity contribution in [1.29, 1.82) is 0 Å². The highest BCUT2D eigenvalue weighted by Crippen LogP contribution is 2.13. The van der Waals surface area contributed by atoms with Gasteiger partial charge in [0.2, 0.25) is 0 Å². The zero-order valence-corrected chi connectivity index (χ0v) is 11.4. The van der Waals surface area contributed by atoms with Gasteiger partial charge in [-0.3, -0.25) is 4.68 Å². The molecule has 2 N–H and O–H groups in total. The van der Waals surface area contributed by atoms with Crippen molar-refractivity contribution in [3.05, 3.63) is 17.0 Å². The Kier molecular flexibility index (Phi) is 5.24. The van der Waals surface area contributed by atoms with Crippen LogP contribution in [0, 0.1) is 11.8 Å². The van der Waals surface area contributed by atoms with Gasteiger partial charge in [0, 0.05) is 7.05 Å². The molecule has 1 aromatic rings. The first-order valence-electron chi connectivity index (χ1n) is 6.45. The maximum atomic E-state index is 5.92. The molecule has 0 saturated carbocycles. The summed E-state index contributed by atoms with van der Waals surface area (Å²) in [6, 6.07) is -0.0189. The van der Waals surface area contributed by atoms with Crippen LogP contribution in [0.3, 0.4) is 0 Å². The summed E-state index contributed by atoms with van der Waals surface area (Å²) in [6.07, 6.45) is 3.90. The van der Waals surface area contributed by atoms with Crippen LogP contribution in [0.1, 0.15) is 50.6 Å². The lowest BCUT2D eigenvalue weighted by Gasteiger charge is -2.00. The number of aromatic nitrogens is 2. The van der Waals surface area contributed by atoms with E-state index in [1.165, 1.54) is 5.69 Å². The van der Waals surface area contributed by atoms with E-state index in [-0.39, 0.29) is 6.04 Å². The fourth-order valence-electron chi connectivity index (χ4n) is 1.97. The van der Waals surface area contributed by atoms with Crippen LogP contribution in [0.5, 0.6) is 0 Å². The molecular formula is C14H23N3. The average molecular weight is 233 g/mol. The Labute approximate surface area is 104 Å². The van der Waals surface area contributed by atoms with E-state index in [1.807, 2.05) is 11.7 Å². The molecule has 0 aliphatic heterocycles. The highest BCUT2D eigenvalue weighted by atomic mass is 15.3. The van der Waals surface area contributed by atoms with Crippen molar-refractivity contribution in [2.75, 3.05) is 0 Å². The third-order valence-corrected chi connectivity index (χ3v) is 2.89. The van der Waals surface area contributed by atoms with Gasteiger partial charge in [0.15, 0.2) is 0 Å². The number of hydrogen-bond acceptors (Lipinski definition) is 2. The summed E-state index contributed by atoms with van der Waals surface area (Å²) in [6.45, 7) is 6.37. The highest BCUT2D eigenvalue weighted by molar-refractivity contribution is 5.43. The molecular weight excluding hydrogens is 210 g/mol. The summed E-state index contributed by atoms with van der Waals surface area (Å²) >= 11 is 0. The third kappa shape index (κ3) is 3.34. The van der Waals surface area contributed by atoms with Gasteiger partial charge in [-0.05, 0) is 19.3 Å². The molecule has 0 aliphatic carbocycles. The fourth-order valence-corrected chi connectivity index (χ4v) is 1.97. The average Bonchev–Trinajstić information content (AvgIpc) is 2.62. The monoisotopic (exact) mass is 233 g/mol. The third-order valence-electron chi connectivity index (χ3n) is 2.89. The maximum absolute atomic E-state index is 5.92. The Balaban J connectivity index is 3.03. The Hall–Kier alpha value is -1.27. The summed E-state index contributed by atoms with van der Waals surface area (Å²) < 4.78 is 1.94. The van der Waals surface area contributed by atoms with Gasteiger partial charge in [-0.1, -0.05) is 39.0 Å². The number of hydrogen-bond donors (Lipinski definition) is 1. The molecule has 17 heavy (non-hydrogen) atoms. The van der Waals surface area contributed by atoms with E-state index in [9.17, 15) is 0 Å². The molecule has 0 fully saturated rings. The van der Waals surface area contributed by atoms with E-state index in [0.717, 1.165) is 36.9 Å².